The first-order chi connectivity index (χ1) is 14.0. The van der Waals surface area contributed by atoms with Crippen LogP contribution in [0.2, 0.25) is 0 Å². The van der Waals surface area contributed by atoms with Crippen molar-refractivity contribution in [3.05, 3.63) is 41.1 Å². The molecule has 0 bridgehead atoms. The lowest BCUT2D eigenvalue weighted by Gasteiger charge is -2.35. The Hall–Kier alpha value is -2.83. The van der Waals surface area contributed by atoms with E-state index in [1.165, 1.54) is 7.11 Å². The molecule has 0 saturated heterocycles. The molecular formula is C22H29N3O4. The number of methoxy groups -OCH3 is 1. The van der Waals surface area contributed by atoms with Gasteiger partial charge in [-0.05, 0) is 43.9 Å². The molecule has 7 heteroatoms. The highest BCUT2D eigenvalue weighted by Gasteiger charge is 2.36. The summed E-state index contributed by atoms with van der Waals surface area (Å²) in [5, 5.41) is 5.85. The molecule has 1 unspecified atom stereocenters. The summed E-state index contributed by atoms with van der Waals surface area (Å²) < 4.78 is 4.99. The number of rotatable bonds is 7. The highest BCUT2D eigenvalue weighted by atomic mass is 16.5. The van der Waals surface area contributed by atoms with Crippen LogP contribution in [0.4, 0.5) is 10.5 Å². The zero-order valence-electron chi connectivity index (χ0n) is 17.3. The fourth-order valence-corrected chi connectivity index (χ4v) is 3.66. The van der Waals surface area contributed by atoms with Crippen LogP contribution in [-0.4, -0.2) is 36.5 Å². The number of amides is 3. The van der Waals surface area contributed by atoms with E-state index in [0.717, 1.165) is 37.7 Å². The van der Waals surface area contributed by atoms with Crippen molar-refractivity contribution in [3.63, 3.8) is 0 Å². The van der Waals surface area contributed by atoms with Gasteiger partial charge in [-0.2, -0.15) is 0 Å². The standard InChI is InChI=1S/C22H29N3O4/c1-4-5-13-25-14(2)18(21(27)29-3)19(24-22(25)28)15-9-11-17(12-10-15)23-20(26)16-7-6-8-16/h9-12,16,19H,4-8,13H2,1-3H3,(H,23,26)(H,24,28). The van der Waals surface area contributed by atoms with E-state index in [-0.39, 0.29) is 17.9 Å². The van der Waals surface area contributed by atoms with Gasteiger partial charge in [0.15, 0.2) is 0 Å². The first-order valence-corrected chi connectivity index (χ1v) is 10.2. The molecule has 1 fully saturated rings. The molecule has 1 aliphatic heterocycles. The van der Waals surface area contributed by atoms with Crippen LogP contribution in [0.15, 0.2) is 35.5 Å². The third-order valence-corrected chi connectivity index (χ3v) is 5.72. The molecule has 1 heterocycles. The second kappa shape index (κ2) is 9.11. The number of urea groups is 1. The summed E-state index contributed by atoms with van der Waals surface area (Å²) in [6, 6.07) is 6.41. The van der Waals surface area contributed by atoms with Crippen LogP contribution in [0.25, 0.3) is 0 Å². The van der Waals surface area contributed by atoms with Gasteiger partial charge >= 0.3 is 12.0 Å². The van der Waals surface area contributed by atoms with Crippen molar-refractivity contribution in [1.82, 2.24) is 10.2 Å². The summed E-state index contributed by atoms with van der Waals surface area (Å²) in [7, 11) is 1.34. The van der Waals surface area contributed by atoms with E-state index in [9.17, 15) is 14.4 Å². The molecule has 3 rings (SSSR count). The number of carbonyl (C=O) groups excluding carboxylic acids is 3. The molecule has 1 aromatic rings. The monoisotopic (exact) mass is 399 g/mol. The van der Waals surface area contributed by atoms with Gasteiger partial charge in [-0.25, -0.2) is 9.59 Å². The summed E-state index contributed by atoms with van der Waals surface area (Å²) >= 11 is 0. The van der Waals surface area contributed by atoms with Gasteiger partial charge in [0.2, 0.25) is 5.91 Å². The quantitative estimate of drug-likeness (QED) is 0.684. The van der Waals surface area contributed by atoms with Gasteiger partial charge in [0.25, 0.3) is 0 Å². The number of unbranched alkanes of at least 4 members (excludes halogenated alkanes) is 1. The van der Waals surface area contributed by atoms with Crippen LogP contribution in [0.3, 0.4) is 0 Å². The largest absolute Gasteiger partial charge is 0.466 e. The van der Waals surface area contributed by atoms with Gasteiger partial charge in [0.05, 0.1) is 18.7 Å². The molecule has 0 spiro atoms. The maximum atomic E-state index is 12.6. The van der Waals surface area contributed by atoms with Gasteiger partial charge in [-0.1, -0.05) is 31.9 Å². The summed E-state index contributed by atoms with van der Waals surface area (Å²) in [5.74, 6) is -0.304. The third-order valence-electron chi connectivity index (χ3n) is 5.72. The van der Waals surface area contributed by atoms with E-state index >= 15 is 0 Å². The van der Waals surface area contributed by atoms with E-state index in [4.69, 9.17) is 4.74 Å². The van der Waals surface area contributed by atoms with E-state index in [1.807, 2.05) is 12.1 Å². The predicted molar refractivity (Wildman–Crippen MR) is 110 cm³/mol. The molecule has 0 aromatic heterocycles. The second-order valence-corrected chi connectivity index (χ2v) is 7.62. The Labute approximate surface area is 171 Å². The number of nitrogens with zero attached hydrogens (tertiary/aromatic N) is 1. The normalized spacial score (nSPS) is 19.5. The zero-order chi connectivity index (χ0) is 21.0. The number of anilines is 1. The molecule has 2 N–H and O–H groups in total. The lowest BCUT2D eigenvalue weighted by molar-refractivity contribution is -0.136. The molecule has 1 saturated carbocycles. The average Bonchev–Trinajstić information content (AvgIpc) is 2.66. The highest BCUT2D eigenvalue weighted by Crippen LogP contribution is 2.32. The molecule has 1 atom stereocenters. The number of hydrogen-bond acceptors (Lipinski definition) is 4. The van der Waals surface area contributed by atoms with E-state index in [2.05, 4.69) is 17.6 Å². The smallest absolute Gasteiger partial charge is 0.337 e. The van der Waals surface area contributed by atoms with Crippen LogP contribution >= 0.6 is 0 Å². The maximum Gasteiger partial charge on any atom is 0.337 e. The van der Waals surface area contributed by atoms with Crippen LogP contribution in [0, 0.1) is 5.92 Å². The van der Waals surface area contributed by atoms with Crippen molar-refractivity contribution < 1.29 is 19.1 Å². The lowest BCUT2D eigenvalue weighted by atomic mass is 9.85. The van der Waals surface area contributed by atoms with Crippen molar-refractivity contribution in [1.29, 1.82) is 0 Å². The van der Waals surface area contributed by atoms with Gasteiger partial charge < -0.3 is 15.4 Å². The average molecular weight is 399 g/mol. The zero-order valence-corrected chi connectivity index (χ0v) is 17.3. The van der Waals surface area contributed by atoms with Crippen molar-refractivity contribution in [2.24, 2.45) is 5.92 Å². The summed E-state index contributed by atoms with van der Waals surface area (Å²) in [5.41, 5.74) is 2.50. The number of nitrogens with one attached hydrogen (secondary N) is 2. The number of esters is 1. The molecule has 1 aromatic carbocycles. The van der Waals surface area contributed by atoms with Crippen LogP contribution < -0.4 is 10.6 Å². The number of hydrogen-bond donors (Lipinski definition) is 2. The van der Waals surface area contributed by atoms with Crippen molar-refractivity contribution in [2.45, 2.75) is 52.0 Å². The Bertz CT molecular complexity index is 812. The van der Waals surface area contributed by atoms with Crippen LogP contribution in [-0.2, 0) is 14.3 Å². The Balaban J connectivity index is 1.83. The van der Waals surface area contributed by atoms with Crippen molar-refractivity contribution in [2.75, 3.05) is 19.0 Å². The fourth-order valence-electron chi connectivity index (χ4n) is 3.66. The Kier molecular flexibility index (Phi) is 6.56. The first kappa shape index (κ1) is 20.9. The second-order valence-electron chi connectivity index (χ2n) is 7.62. The SMILES string of the molecule is CCCCN1C(=O)NC(c2ccc(NC(=O)C3CCC3)cc2)C(C(=O)OC)=C1C. The summed E-state index contributed by atoms with van der Waals surface area (Å²) in [4.78, 5) is 38.9. The Morgan fingerprint density at radius 1 is 1.24 bits per heavy atom. The Morgan fingerprint density at radius 3 is 2.48 bits per heavy atom. The summed E-state index contributed by atoms with van der Waals surface area (Å²) in [6.45, 7) is 4.38. The van der Waals surface area contributed by atoms with Crippen molar-refractivity contribution >= 4 is 23.6 Å². The van der Waals surface area contributed by atoms with Crippen LogP contribution in [0.1, 0.15) is 57.6 Å². The molecule has 156 valence electrons. The van der Waals surface area contributed by atoms with E-state index < -0.39 is 12.0 Å². The molecule has 7 nitrogen and oxygen atoms in total. The number of carbonyl (C=O) groups is 3. The van der Waals surface area contributed by atoms with Crippen LogP contribution in [0.5, 0.6) is 0 Å². The number of allylic oxidation sites excluding steroid dienone is 1. The molecule has 2 aliphatic rings. The number of benzene rings is 1. The lowest BCUT2D eigenvalue weighted by Crippen LogP contribution is -2.48. The minimum atomic E-state index is -0.593. The van der Waals surface area contributed by atoms with Gasteiger partial charge in [-0.3, -0.25) is 9.69 Å². The van der Waals surface area contributed by atoms with Crippen molar-refractivity contribution in [3.8, 4) is 0 Å². The van der Waals surface area contributed by atoms with Gasteiger partial charge in [0, 0.05) is 23.8 Å². The topological polar surface area (TPSA) is 87.7 Å². The fraction of sp³-hybridized carbons (Fsp3) is 0.500. The molecule has 29 heavy (non-hydrogen) atoms. The number of ether oxygens (including phenoxy) is 1. The third kappa shape index (κ3) is 4.44. The molecule has 3 amide bonds. The van der Waals surface area contributed by atoms with Gasteiger partial charge in [0.1, 0.15) is 0 Å². The molecule has 0 radical (unpaired) electrons. The maximum absolute atomic E-state index is 12.6. The first-order valence-electron chi connectivity index (χ1n) is 10.2. The summed E-state index contributed by atoms with van der Waals surface area (Å²) in [6.07, 6.45) is 4.79. The minimum absolute atomic E-state index is 0.0486. The van der Waals surface area contributed by atoms with E-state index in [1.54, 1.807) is 24.0 Å². The highest BCUT2D eigenvalue weighted by molar-refractivity contribution is 5.95. The van der Waals surface area contributed by atoms with Gasteiger partial charge in [-0.15, -0.1) is 0 Å². The minimum Gasteiger partial charge on any atom is -0.466 e. The predicted octanol–water partition coefficient (Wildman–Crippen LogP) is 3.74. The molecular weight excluding hydrogens is 370 g/mol. The Morgan fingerprint density at radius 2 is 1.93 bits per heavy atom. The molecule has 1 aliphatic carbocycles. The van der Waals surface area contributed by atoms with E-state index in [0.29, 0.717) is 23.5 Å².